The zero-order valence-corrected chi connectivity index (χ0v) is 21.8. The number of carbonyl (C=O) groups excluding carboxylic acids is 1. The number of rotatable bonds is 11. The van der Waals surface area contributed by atoms with E-state index in [1.54, 1.807) is 20.8 Å². The van der Waals surface area contributed by atoms with Gasteiger partial charge in [-0.25, -0.2) is 26.9 Å². The standard InChI is InChI=1S/C25H35F2N5O3S/c1-16(2)15-36(34,35)31-22(12-17(3)32-10-6-5-7-11-32)25(33)29-18(4)24-28-14-23(30-24)20-9-8-19(26)13-21(20)27/h8-9,13-14,16,18,22,31H,3,5-7,10-12,15H2,1-2,4H3,(H,28,30)(H,29,33)/t18-,22-/m0/s1. The van der Waals surface area contributed by atoms with Crippen molar-refractivity contribution in [1.82, 2.24) is 24.9 Å². The fourth-order valence-electron chi connectivity index (χ4n) is 4.25. The summed E-state index contributed by atoms with van der Waals surface area (Å²) in [6, 6.07) is 1.55. The summed E-state index contributed by atoms with van der Waals surface area (Å²) >= 11 is 0. The minimum atomic E-state index is -3.71. The first-order valence-corrected chi connectivity index (χ1v) is 13.8. The van der Waals surface area contributed by atoms with Crippen molar-refractivity contribution in [3.63, 3.8) is 0 Å². The highest BCUT2D eigenvalue weighted by Crippen LogP contribution is 2.23. The number of sulfonamides is 1. The van der Waals surface area contributed by atoms with Gasteiger partial charge in [-0.3, -0.25) is 4.79 Å². The van der Waals surface area contributed by atoms with E-state index in [1.807, 2.05) is 0 Å². The Labute approximate surface area is 211 Å². The molecule has 0 saturated carbocycles. The smallest absolute Gasteiger partial charge is 0.239 e. The number of piperidine rings is 1. The second-order valence-electron chi connectivity index (χ2n) is 9.70. The lowest BCUT2D eigenvalue weighted by atomic mass is 10.1. The first kappa shape index (κ1) is 27.8. The Morgan fingerprint density at radius 2 is 1.89 bits per heavy atom. The number of benzene rings is 1. The summed E-state index contributed by atoms with van der Waals surface area (Å²) in [6.45, 7) is 11.0. The monoisotopic (exact) mass is 523 g/mol. The van der Waals surface area contributed by atoms with Crippen LogP contribution in [0.2, 0.25) is 0 Å². The molecule has 0 bridgehead atoms. The molecule has 8 nitrogen and oxygen atoms in total. The zero-order valence-electron chi connectivity index (χ0n) is 21.0. The Hall–Kier alpha value is -2.79. The molecule has 1 aromatic heterocycles. The fraction of sp³-hybridized carbons (Fsp3) is 0.520. The lowest BCUT2D eigenvalue weighted by Crippen LogP contribution is -2.49. The van der Waals surface area contributed by atoms with E-state index in [0.29, 0.717) is 17.2 Å². The van der Waals surface area contributed by atoms with Crippen molar-refractivity contribution in [3.05, 3.63) is 54.1 Å². The van der Waals surface area contributed by atoms with E-state index >= 15 is 0 Å². The number of hydrogen-bond acceptors (Lipinski definition) is 5. The molecule has 2 aromatic rings. The average Bonchev–Trinajstić information content (AvgIpc) is 3.28. The number of nitrogens with zero attached hydrogens (tertiary/aromatic N) is 2. The maximum Gasteiger partial charge on any atom is 0.239 e. The van der Waals surface area contributed by atoms with Crippen molar-refractivity contribution in [3.8, 4) is 11.3 Å². The van der Waals surface area contributed by atoms with Crippen LogP contribution in [0.15, 0.2) is 36.7 Å². The van der Waals surface area contributed by atoms with E-state index < -0.39 is 39.6 Å². The third-order valence-electron chi connectivity index (χ3n) is 6.02. The van der Waals surface area contributed by atoms with Gasteiger partial charge in [0.2, 0.25) is 15.9 Å². The number of amides is 1. The Balaban J connectivity index is 1.74. The van der Waals surface area contributed by atoms with Crippen LogP contribution in [-0.2, 0) is 14.8 Å². The predicted molar refractivity (Wildman–Crippen MR) is 135 cm³/mol. The number of likely N-dealkylation sites (tertiary alicyclic amines) is 1. The van der Waals surface area contributed by atoms with Crippen LogP contribution < -0.4 is 10.0 Å². The molecule has 2 atom stereocenters. The van der Waals surface area contributed by atoms with Gasteiger partial charge in [0, 0.05) is 36.8 Å². The van der Waals surface area contributed by atoms with Crippen molar-refractivity contribution in [2.75, 3.05) is 18.8 Å². The van der Waals surface area contributed by atoms with Gasteiger partial charge in [-0.2, -0.15) is 0 Å². The first-order chi connectivity index (χ1) is 16.9. The van der Waals surface area contributed by atoms with Crippen LogP contribution in [0.4, 0.5) is 8.78 Å². The van der Waals surface area contributed by atoms with Crippen LogP contribution in [0.1, 0.15) is 58.3 Å². The van der Waals surface area contributed by atoms with Crippen molar-refractivity contribution in [2.45, 2.75) is 58.5 Å². The molecule has 1 amide bonds. The Bertz CT molecular complexity index is 1180. The minimum absolute atomic E-state index is 0.104. The van der Waals surface area contributed by atoms with Gasteiger partial charge in [-0.15, -0.1) is 0 Å². The maximum absolute atomic E-state index is 14.2. The highest BCUT2D eigenvalue weighted by atomic mass is 32.2. The number of aromatic nitrogens is 2. The lowest BCUT2D eigenvalue weighted by Gasteiger charge is -2.32. The zero-order chi connectivity index (χ0) is 26.5. The van der Waals surface area contributed by atoms with Gasteiger partial charge in [-0.05, 0) is 44.2 Å². The van der Waals surface area contributed by atoms with Crippen molar-refractivity contribution in [2.24, 2.45) is 5.92 Å². The van der Waals surface area contributed by atoms with Gasteiger partial charge in [-0.1, -0.05) is 20.4 Å². The number of carbonyl (C=O) groups is 1. The van der Waals surface area contributed by atoms with Crippen LogP contribution >= 0.6 is 0 Å². The molecule has 11 heteroatoms. The Morgan fingerprint density at radius 1 is 1.19 bits per heavy atom. The molecule has 0 aliphatic carbocycles. The van der Waals surface area contributed by atoms with Gasteiger partial charge in [0.1, 0.15) is 23.5 Å². The Morgan fingerprint density at radius 3 is 2.53 bits per heavy atom. The van der Waals surface area contributed by atoms with Gasteiger partial charge in [0.15, 0.2) is 0 Å². The summed E-state index contributed by atoms with van der Waals surface area (Å²) < 4.78 is 55.3. The molecule has 1 aromatic carbocycles. The fourth-order valence-corrected chi connectivity index (χ4v) is 5.85. The van der Waals surface area contributed by atoms with Crippen LogP contribution in [0.5, 0.6) is 0 Å². The molecule has 2 heterocycles. The number of nitrogens with one attached hydrogen (secondary N) is 3. The predicted octanol–water partition coefficient (Wildman–Crippen LogP) is 3.87. The van der Waals surface area contributed by atoms with Gasteiger partial charge >= 0.3 is 0 Å². The number of H-pyrrole nitrogens is 1. The van der Waals surface area contributed by atoms with Crippen LogP contribution in [0, 0.1) is 17.6 Å². The summed E-state index contributed by atoms with van der Waals surface area (Å²) in [5, 5.41) is 2.80. The second kappa shape index (κ2) is 12.0. The molecule has 1 aliphatic heterocycles. The molecular weight excluding hydrogens is 488 g/mol. The van der Waals surface area contributed by atoms with E-state index in [9.17, 15) is 22.0 Å². The lowest BCUT2D eigenvalue weighted by molar-refractivity contribution is -0.123. The number of aromatic amines is 1. The molecule has 1 saturated heterocycles. The van der Waals surface area contributed by atoms with Gasteiger partial charge < -0.3 is 15.2 Å². The van der Waals surface area contributed by atoms with E-state index in [1.165, 1.54) is 12.3 Å². The van der Waals surface area contributed by atoms with E-state index in [0.717, 1.165) is 44.5 Å². The molecule has 198 valence electrons. The van der Waals surface area contributed by atoms with Crippen molar-refractivity contribution >= 4 is 15.9 Å². The normalized spacial score (nSPS) is 16.1. The van der Waals surface area contributed by atoms with Gasteiger partial charge in [0.25, 0.3) is 0 Å². The maximum atomic E-state index is 14.2. The average molecular weight is 524 g/mol. The Kier molecular flexibility index (Phi) is 9.24. The van der Waals surface area contributed by atoms with Crippen molar-refractivity contribution < 1.29 is 22.0 Å². The molecule has 3 N–H and O–H groups in total. The molecule has 3 rings (SSSR count). The topological polar surface area (TPSA) is 107 Å². The largest absolute Gasteiger partial charge is 0.375 e. The number of imidazole rings is 1. The van der Waals surface area contributed by atoms with E-state index in [4.69, 9.17) is 0 Å². The summed E-state index contributed by atoms with van der Waals surface area (Å²) in [7, 11) is -3.71. The third-order valence-corrected chi connectivity index (χ3v) is 7.77. The summed E-state index contributed by atoms with van der Waals surface area (Å²) in [6.07, 6.45) is 4.73. The second-order valence-corrected chi connectivity index (χ2v) is 11.5. The van der Waals surface area contributed by atoms with Crippen LogP contribution in [0.25, 0.3) is 11.3 Å². The number of hydrogen-bond donors (Lipinski definition) is 3. The number of halogens is 2. The van der Waals surface area contributed by atoms with Gasteiger partial charge in [0.05, 0.1) is 23.7 Å². The summed E-state index contributed by atoms with van der Waals surface area (Å²) in [5.41, 5.74) is 1.18. The third kappa shape index (κ3) is 7.60. The highest BCUT2D eigenvalue weighted by molar-refractivity contribution is 7.89. The minimum Gasteiger partial charge on any atom is -0.375 e. The van der Waals surface area contributed by atoms with E-state index in [-0.39, 0.29) is 23.7 Å². The van der Waals surface area contributed by atoms with Crippen LogP contribution in [0.3, 0.4) is 0 Å². The SMILES string of the molecule is C=C(C[C@H](NS(=O)(=O)CC(C)C)C(=O)N[C@@H](C)c1ncc(-c2ccc(F)cc2F)[nH]1)N1CCCCC1. The molecular formula is C25H35F2N5O3S. The quantitative estimate of drug-likeness (QED) is 0.415. The van der Waals surface area contributed by atoms with E-state index in [2.05, 4.69) is 31.5 Å². The molecule has 36 heavy (non-hydrogen) atoms. The highest BCUT2D eigenvalue weighted by Gasteiger charge is 2.29. The van der Waals surface area contributed by atoms with Crippen molar-refractivity contribution in [1.29, 1.82) is 0 Å². The molecule has 0 spiro atoms. The molecule has 0 radical (unpaired) electrons. The summed E-state index contributed by atoms with van der Waals surface area (Å²) in [4.78, 5) is 22.5. The molecule has 0 unspecified atom stereocenters. The molecule has 1 aliphatic rings. The first-order valence-electron chi connectivity index (χ1n) is 12.2. The summed E-state index contributed by atoms with van der Waals surface area (Å²) in [5.74, 6) is -1.80. The van der Waals surface area contributed by atoms with Crippen LogP contribution in [-0.4, -0.2) is 54.1 Å². The molecule has 1 fully saturated rings.